The Kier molecular flexibility index (Phi) is 8.09. The van der Waals surface area contributed by atoms with E-state index in [0.29, 0.717) is 28.4 Å². The summed E-state index contributed by atoms with van der Waals surface area (Å²) in [7, 11) is 1.54. The summed E-state index contributed by atoms with van der Waals surface area (Å²) >= 11 is 2.94. The van der Waals surface area contributed by atoms with Crippen LogP contribution in [0.25, 0.3) is 6.08 Å². The molecule has 1 aliphatic rings. The first-order valence-electron chi connectivity index (χ1n) is 10.5. The highest BCUT2D eigenvalue weighted by molar-refractivity contribution is 14.1. The number of methoxy groups -OCH3 is 1. The predicted octanol–water partition coefficient (Wildman–Crippen LogP) is 5.63. The number of nitrogens with zero attached hydrogens (tertiary/aromatic N) is 1. The normalized spacial score (nSPS) is 14.3. The summed E-state index contributed by atoms with van der Waals surface area (Å²) in [6, 6.07) is 21.1. The quantitative estimate of drug-likeness (QED) is 0.143. The fourth-order valence-electron chi connectivity index (χ4n) is 3.29. The number of esters is 1. The van der Waals surface area contributed by atoms with Gasteiger partial charge >= 0.3 is 5.97 Å². The van der Waals surface area contributed by atoms with Crippen LogP contribution in [0.15, 0.2) is 77.7 Å². The van der Waals surface area contributed by atoms with Crippen molar-refractivity contribution >= 4 is 57.5 Å². The molecule has 1 saturated heterocycles. The average Bonchev–Trinajstić information content (AvgIpc) is 3.12. The Morgan fingerprint density at radius 2 is 1.74 bits per heavy atom. The lowest BCUT2D eigenvalue weighted by Crippen LogP contribution is -2.32. The smallest absolute Gasteiger partial charge is 0.344 e. The van der Waals surface area contributed by atoms with Crippen LogP contribution in [0.3, 0.4) is 0 Å². The summed E-state index contributed by atoms with van der Waals surface area (Å²) in [5, 5.41) is -0.369. The Hall–Kier alpha value is -3.31. The molecule has 3 aromatic carbocycles. The van der Waals surface area contributed by atoms with Crippen LogP contribution in [0.2, 0.25) is 0 Å². The molecule has 1 aliphatic heterocycles. The van der Waals surface area contributed by atoms with E-state index in [2.05, 4.69) is 22.6 Å². The summed E-state index contributed by atoms with van der Waals surface area (Å²) in [6.07, 6.45) is 1.61. The van der Waals surface area contributed by atoms with Crippen LogP contribution in [0.4, 0.5) is 4.79 Å². The van der Waals surface area contributed by atoms with Gasteiger partial charge in [0.05, 0.1) is 24.1 Å². The van der Waals surface area contributed by atoms with Crippen LogP contribution in [-0.2, 0) is 4.79 Å². The molecule has 0 atom stereocenters. The molecule has 0 N–H and O–H groups in total. The molecule has 1 heterocycles. The molecule has 0 radical (unpaired) electrons. The fraction of sp³-hybridized carbons (Fsp3) is 0.115. The highest BCUT2D eigenvalue weighted by Crippen LogP contribution is 2.33. The van der Waals surface area contributed by atoms with Crippen molar-refractivity contribution in [2.75, 3.05) is 20.3 Å². The zero-order valence-electron chi connectivity index (χ0n) is 18.6. The number of imide groups is 1. The SMILES string of the molecule is COc1ccccc1OCCN1C(=O)S/C(=C\c2cccc(OC(=O)c3ccccc3I)c2)C1=O. The summed E-state index contributed by atoms with van der Waals surface area (Å²) in [5.41, 5.74) is 1.10. The van der Waals surface area contributed by atoms with E-state index in [4.69, 9.17) is 14.2 Å². The molecule has 0 spiro atoms. The summed E-state index contributed by atoms with van der Waals surface area (Å²) < 4.78 is 17.2. The van der Waals surface area contributed by atoms with Crippen molar-refractivity contribution in [3.63, 3.8) is 0 Å². The van der Waals surface area contributed by atoms with E-state index in [9.17, 15) is 14.4 Å². The number of carbonyl (C=O) groups is 3. The number of thioether (sulfide) groups is 1. The minimum atomic E-state index is -0.470. The van der Waals surface area contributed by atoms with Crippen LogP contribution < -0.4 is 14.2 Å². The Labute approximate surface area is 220 Å². The number of hydrogen-bond donors (Lipinski definition) is 0. The number of amides is 2. The monoisotopic (exact) mass is 601 g/mol. The average molecular weight is 601 g/mol. The van der Waals surface area contributed by atoms with Crippen molar-refractivity contribution in [3.8, 4) is 17.2 Å². The fourth-order valence-corrected chi connectivity index (χ4v) is 4.76. The molecule has 4 rings (SSSR count). The number of halogens is 1. The van der Waals surface area contributed by atoms with E-state index in [-0.39, 0.29) is 23.3 Å². The van der Waals surface area contributed by atoms with Gasteiger partial charge in [-0.1, -0.05) is 36.4 Å². The predicted molar refractivity (Wildman–Crippen MR) is 142 cm³/mol. The van der Waals surface area contributed by atoms with Gasteiger partial charge in [-0.3, -0.25) is 14.5 Å². The van der Waals surface area contributed by atoms with Gasteiger partial charge in [-0.15, -0.1) is 0 Å². The van der Waals surface area contributed by atoms with Gasteiger partial charge in [0.2, 0.25) is 0 Å². The zero-order chi connectivity index (χ0) is 24.8. The van der Waals surface area contributed by atoms with E-state index in [1.54, 1.807) is 61.7 Å². The molecule has 0 bridgehead atoms. The molecule has 7 nitrogen and oxygen atoms in total. The third-order valence-corrected chi connectivity index (χ3v) is 6.82. The van der Waals surface area contributed by atoms with E-state index < -0.39 is 11.9 Å². The minimum absolute atomic E-state index is 0.105. The van der Waals surface area contributed by atoms with Crippen molar-refractivity contribution in [2.45, 2.75) is 0 Å². The van der Waals surface area contributed by atoms with Crippen LogP contribution in [-0.4, -0.2) is 42.3 Å². The van der Waals surface area contributed by atoms with Crippen molar-refractivity contribution in [3.05, 3.63) is 92.4 Å². The maximum Gasteiger partial charge on any atom is 0.344 e. The first kappa shape index (κ1) is 24.8. The van der Waals surface area contributed by atoms with Crippen LogP contribution in [0.1, 0.15) is 15.9 Å². The van der Waals surface area contributed by atoms with Gasteiger partial charge in [0.1, 0.15) is 12.4 Å². The Balaban J connectivity index is 1.41. The van der Waals surface area contributed by atoms with E-state index in [1.807, 2.05) is 24.3 Å². The van der Waals surface area contributed by atoms with Gasteiger partial charge in [-0.05, 0) is 82.4 Å². The number of para-hydroxylation sites is 2. The second-order valence-electron chi connectivity index (χ2n) is 7.27. The highest BCUT2D eigenvalue weighted by atomic mass is 127. The van der Waals surface area contributed by atoms with Gasteiger partial charge in [0.25, 0.3) is 11.1 Å². The van der Waals surface area contributed by atoms with Crippen LogP contribution >= 0.6 is 34.4 Å². The molecule has 1 fully saturated rings. The maximum atomic E-state index is 12.8. The number of benzene rings is 3. The van der Waals surface area contributed by atoms with Crippen molar-refractivity contribution in [2.24, 2.45) is 0 Å². The molecule has 0 unspecified atom stereocenters. The van der Waals surface area contributed by atoms with Gasteiger partial charge in [0.15, 0.2) is 11.5 Å². The van der Waals surface area contributed by atoms with Gasteiger partial charge in [-0.25, -0.2) is 4.79 Å². The zero-order valence-corrected chi connectivity index (χ0v) is 21.6. The first-order chi connectivity index (χ1) is 17.0. The molecule has 178 valence electrons. The second kappa shape index (κ2) is 11.4. The number of rotatable bonds is 8. The molecule has 35 heavy (non-hydrogen) atoms. The van der Waals surface area contributed by atoms with E-state index >= 15 is 0 Å². The third kappa shape index (κ3) is 6.04. The lowest BCUT2D eigenvalue weighted by Gasteiger charge is -2.14. The van der Waals surface area contributed by atoms with Gasteiger partial charge in [-0.2, -0.15) is 0 Å². The summed E-state index contributed by atoms with van der Waals surface area (Å²) in [5.74, 6) is 0.582. The van der Waals surface area contributed by atoms with Crippen LogP contribution in [0.5, 0.6) is 17.2 Å². The molecule has 0 saturated carbocycles. The first-order valence-corrected chi connectivity index (χ1v) is 12.4. The molecule has 2 amide bonds. The van der Waals surface area contributed by atoms with Crippen molar-refractivity contribution in [1.82, 2.24) is 4.90 Å². The van der Waals surface area contributed by atoms with Gasteiger partial charge in [0, 0.05) is 3.57 Å². The van der Waals surface area contributed by atoms with Crippen molar-refractivity contribution < 1.29 is 28.6 Å². The lowest BCUT2D eigenvalue weighted by molar-refractivity contribution is -0.123. The second-order valence-corrected chi connectivity index (χ2v) is 9.43. The number of carbonyl (C=O) groups excluding carboxylic acids is 3. The van der Waals surface area contributed by atoms with E-state index in [1.165, 1.54) is 0 Å². The molecular formula is C26H20INO6S. The molecule has 0 aliphatic carbocycles. The Morgan fingerprint density at radius 3 is 2.51 bits per heavy atom. The minimum Gasteiger partial charge on any atom is -0.493 e. The highest BCUT2D eigenvalue weighted by Gasteiger charge is 2.34. The van der Waals surface area contributed by atoms with Crippen molar-refractivity contribution in [1.29, 1.82) is 0 Å². The summed E-state index contributed by atoms with van der Waals surface area (Å²) in [6.45, 7) is 0.239. The standard InChI is InChI=1S/C26H20INO6S/c1-32-21-11-4-5-12-22(21)33-14-13-28-24(29)23(35-26(28)31)16-17-7-6-8-18(15-17)34-25(30)19-9-2-3-10-20(19)27/h2-12,15-16H,13-14H2,1H3/b23-16-. The number of hydrogen-bond acceptors (Lipinski definition) is 7. The van der Waals surface area contributed by atoms with Gasteiger partial charge < -0.3 is 14.2 Å². The number of ether oxygens (including phenoxy) is 3. The molecular weight excluding hydrogens is 581 g/mol. The largest absolute Gasteiger partial charge is 0.493 e. The topological polar surface area (TPSA) is 82.1 Å². The molecule has 3 aromatic rings. The Bertz CT molecular complexity index is 1310. The summed E-state index contributed by atoms with van der Waals surface area (Å²) in [4.78, 5) is 39.2. The Morgan fingerprint density at radius 1 is 1.00 bits per heavy atom. The lowest BCUT2D eigenvalue weighted by atomic mass is 10.2. The third-order valence-electron chi connectivity index (χ3n) is 4.98. The van der Waals surface area contributed by atoms with Crippen LogP contribution in [0, 0.1) is 3.57 Å². The van der Waals surface area contributed by atoms with E-state index in [0.717, 1.165) is 20.2 Å². The maximum absolute atomic E-state index is 12.8. The molecule has 0 aromatic heterocycles. The molecule has 9 heteroatoms.